The highest BCUT2D eigenvalue weighted by Crippen LogP contribution is 2.16. The zero-order chi connectivity index (χ0) is 14.7. The first-order valence-electron chi connectivity index (χ1n) is 7.26. The van der Waals surface area contributed by atoms with E-state index in [9.17, 15) is 4.79 Å². The first-order valence-corrected chi connectivity index (χ1v) is 7.26. The molecule has 3 heteroatoms. The minimum atomic E-state index is 0.206. The summed E-state index contributed by atoms with van der Waals surface area (Å²) in [6, 6.07) is 17.6. The molecule has 1 aromatic heterocycles. The molecular weight excluding hydrogens is 260 g/mol. The lowest BCUT2D eigenvalue weighted by molar-refractivity contribution is 0.0978. The van der Waals surface area contributed by atoms with E-state index in [1.807, 2.05) is 55.5 Å². The monoisotopic (exact) mass is 278 g/mol. The first kappa shape index (κ1) is 13.6. The molecule has 2 aromatic carbocycles. The Kier molecular flexibility index (Phi) is 3.82. The summed E-state index contributed by atoms with van der Waals surface area (Å²) in [6.45, 7) is 2.84. The van der Waals surface area contributed by atoms with Crippen LogP contribution in [0.1, 0.15) is 29.0 Å². The molecule has 1 heterocycles. The van der Waals surface area contributed by atoms with Crippen LogP contribution >= 0.6 is 0 Å². The number of carbonyl (C=O) groups excluding carboxylic acids is 1. The molecule has 0 N–H and O–H groups in total. The van der Waals surface area contributed by atoms with E-state index >= 15 is 0 Å². The van der Waals surface area contributed by atoms with Gasteiger partial charge in [0.05, 0.1) is 11.0 Å². The number of hydrogen-bond acceptors (Lipinski definition) is 2. The van der Waals surface area contributed by atoms with Gasteiger partial charge in [-0.1, -0.05) is 42.5 Å². The van der Waals surface area contributed by atoms with Crippen molar-refractivity contribution in [3.63, 3.8) is 0 Å². The lowest BCUT2D eigenvalue weighted by atomic mass is 10.1. The predicted octanol–water partition coefficient (Wildman–Crippen LogP) is 4.01. The molecule has 0 aliphatic carbocycles. The topological polar surface area (TPSA) is 34.9 Å². The summed E-state index contributed by atoms with van der Waals surface area (Å²) in [6.07, 6.45) is 1.39. The fourth-order valence-corrected chi connectivity index (χ4v) is 2.64. The van der Waals surface area contributed by atoms with Crippen LogP contribution in [0, 0.1) is 6.92 Å². The number of benzene rings is 2. The second kappa shape index (κ2) is 5.92. The maximum atomic E-state index is 12.1. The quantitative estimate of drug-likeness (QED) is 0.661. The average molecular weight is 278 g/mol. The van der Waals surface area contributed by atoms with Crippen molar-refractivity contribution in [1.29, 1.82) is 0 Å². The Balaban J connectivity index is 1.67. The molecular formula is C18H18N2O. The zero-order valence-corrected chi connectivity index (χ0v) is 12.1. The van der Waals surface area contributed by atoms with Gasteiger partial charge in [-0.05, 0) is 25.5 Å². The Labute approximate surface area is 124 Å². The number of para-hydroxylation sites is 2. The largest absolute Gasteiger partial charge is 0.328 e. The number of aryl methyl sites for hydroxylation is 2. The molecule has 0 aliphatic heterocycles. The third-order valence-corrected chi connectivity index (χ3v) is 3.73. The number of carbonyl (C=O) groups is 1. The van der Waals surface area contributed by atoms with Crippen molar-refractivity contribution in [3.05, 3.63) is 66.0 Å². The van der Waals surface area contributed by atoms with Crippen molar-refractivity contribution in [2.24, 2.45) is 0 Å². The summed E-state index contributed by atoms with van der Waals surface area (Å²) < 4.78 is 2.19. The lowest BCUT2D eigenvalue weighted by Gasteiger charge is -2.06. The average Bonchev–Trinajstić information content (AvgIpc) is 2.84. The molecule has 0 saturated carbocycles. The predicted molar refractivity (Wildman–Crippen MR) is 84.5 cm³/mol. The minimum Gasteiger partial charge on any atom is -0.328 e. The van der Waals surface area contributed by atoms with Crippen molar-refractivity contribution in [2.45, 2.75) is 26.3 Å². The molecule has 106 valence electrons. The van der Waals surface area contributed by atoms with Crippen LogP contribution in [0.2, 0.25) is 0 Å². The van der Waals surface area contributed by atoms with Gasteiger partial charge < -0.3 is 4.57 Å². The van der Waals surface area contributed by atoms with Gasteiger partial charge in [-0.3, -0.25) is 4.79 Å². The number of ketones is 1. The first-order chi connectivity index (χ1) is 10.3. The van der Waals surface area contributed by atoms with Gasteiger partial charge in [-0.2, -0.15) is 0 Å². The zero-order valence-electron chi connectivity index (χ0n) is 12.1. The fraction of sp³-hybridized carbons (Fsp3) is 0.222. The number of imidazole rings is 1. The van der Waals surface area contributed by atoms with E-state index in [1.165, 1.54) is 0 Å². The molecule has 3 rings (SSSR count). The third-order valence-electron chi connectivity index (χ3n) is 3.73. The standard InChI is InChI=1S/C18H18N2O/c1-14-19-16-10-5-6-11-17(16)20(14)13-7-12-18(21)15-8-3-2-4-9-15/h2-6,8-11H,7,12-13H2,1H3. The van der Waals surface area contributed by atoms with E-state index in [0.717, 1.165) is 35.4 Å². The van der Waals surface area contributed by atoms with Gasteiger partial charge in [0.25, 0.3) is 0 Å². The summed E-state index contributed by atoms with van der Waals surface area (Å²) >= 11 is 0. The summed E-state index contributed by atoms with van der Waals surface area (Å²) in [4.78, 5) is 16.6. The van der Waals surface area contributed by atoms with Crippen molar-refractivity contribution >= 4 is 16.8 Å². The van der Waals surface area contributed by atoms with Crippen LogP contribution in [0.4, 0.5) is 0 Å². The summed E-state index contributed by atoms with van der Waals surface area (Å²) in [7, 11) is 0. The third kappa shape index (κ3) is 2.87. The molecule has 0 fully saturated rings. The normalized spacial score (nSPS) is 10.9. The Bertz CT molecular complexity index is 759. The van der Waals surface area contributed by atoms with Crippen molar-refractivity contribution in [1.82, 2.24) is 9.55 Å². The summed E-state index contributed by atoms with van der Waals surface area (Å²) in [5.41, 5.74) is 2.95. The molecule has 0 bridgehead atoms. The van der Waals surface area contributed by atoms with Crippen molar-refractivity contribution < 1.29 is 4.79 Å². The van der Waals surface area contributed by atoms with Gasteiger partial charge in [-0.25, -0.2) is 4.98 Å². The van der Waals surface area contributed by atoms with E-state index in [-0.39, 0.29) is 5.78 Å². The van der Waals surface area contributed by atoms with Crippen molar-refractivity contribution in [2.75, 3.05) is 0 Å². The Hall–Kier alpha value is -2.42. The van der Waals surface area contributed by atoms with Gasteiger partial charge in [0.15, 0.2) is 5.78 Å². The van der Waals surface area contributed by atoms with Crippen LogP contribution < -0.4 is 0 Å². The molecule has 3 nitrogen and oxygen atoms in total. The second-order valence-corrected chi connectivity index (χ2v) is 5.19. The fourth-order valence-electron chi connectivity index (χ4n) is 2.64. The SMILES string of the molecule is Cc1nc2ccccc2n1CCCC(=O)c1ccccc1. The molecule has 0 spiro atoms. The molecule has 3 aromatic rings. The van der Waals surface area contributed by atoms with Crippen LogP contribution in [-0.2, 0) is 6.54 Å². The maximum absolute atomic E-state index is 12.1. The molecule has 0 aliphatic rings. The summed E-state index contributed by atoms with van der Waals surface area (Å²) in [5, 5.41) is 0. The highest BCUT2D eigenvalue weighted by atomic mass is 16.1. The Morgan fingerprint density at radius 3 is 2.57 bits per heavy atom. The summed E-state index contributed by atoms with van der Waals surface area (Å²) in [5.74, 6) is 1.21. The maximum Gasteiger partial charge on any atom is 0.162 e. The van der Waals surface area contributed by atoms with Crippen LogP contribution in [0.15, 0.2) is 54.6 Å². The van der Waals surface area contributed by atoms with E-state index in [4.69, 9.17) is 0 Å². The van der Waals surface area contributed by atoms with Gasteiger partial charge >= 0.3 is 0 Å². The highest BCUT2D eigenvalue weighted by Gasteiger charge is 2.08. The molecule has 0 atom stereocenters. The van der Waals surface area contributed by atoms with Gasteiger partial charge in [0.2, 0.25) is 0 Å². The van der Waals surface area contributed by atoms with Gasteiger partial charge in [0, 0.05) is 18.5 Å². The number of hydrogen-bond donors (Lipinski definition) is 0. The minimum absolute atomic E-state index is 0.206. The highest BCUT2D eigenvalue weighted by molar-refractivity contribution is 5.95. The second-order valence-electron chi connectivity index (χ2n) is 5.19. The van der Waals surface area contributed by atoms with Crippen LogP contribution in [0.25, 0.3) is 11.0 Å². The molecule has 0 unspecified atom stereocenters. The molecule has 0 amide bonds. The number of Topliss-reactive ketones (excluding diaryl/α,β-unsaturated/α-hetero) is 1. The molecule has 0 saturated heterocycles. The Morgan fingerprint density at radius 2 is 1.76 bits per heavy atom. The van der Waals surface area contributed by atoms with Crippen LogP contribution in [-0.4, -0.2) is 15.3 Å². The Morgan fingerprint density at radius 1 is 1.05 bits per heavy atom. The van der Waals surface area contributed by atoms with Crippen molar-refractivity contribution in [3.8, 4) is 0 Å². The lowest BCUT2D eigenvalue weighted by Crippen LogP contribution is -2.04. The number of aromatic nitrogens is 2. The van der Waals surface area contributed by atoms with Crippen LogP contribution in [0.5, 0.6) is 0 Å². The van der Waals surface area contributed by atoms with Gasteiger partial charge in [-0.15, -0.1) is 0 Å². The number of fused-ring (bicyclic) bond motifs is 1. The number of rotatable bonds is 5. The van der Waals surface area contributed by atoms with Gasteiger partial charge in [0.1, 0.15) is 5.82 Å². The smallest absolute Gasteiger partial charge is 0.162 e. The van der Waals surface area contributed by atoms with E-state index in [2.05, 4.69) is 15.6 Å². The van der Waals surface area contributed by atoms with E-state index < -0.39 is 0 Å². The van der Waals surface area contributed by atoms with E-state index in [0.29, 0.717) is 6.42 Å². The number of nitrogens with zero attached hydrogens (tertiary/aromatic N) is 2. The van der Waals surface area contributed by atoms with Crippen LogP contribution in [0.3, 0.4) is 0 Å². The molecule has 0 radical (unpaired) electrons. The van der Waals surface area contributed by atoms with E-state index in [1.54, 1.807) is 0 Å². The molecule has 21 heavy (non-hydrogen) atoms.